The molecule has 0 aliphatic heterocycles. The predicted molar refractivity (Wildman–Crippen MR) is 109 cm³/mol. The lowest BCUT2D eigenvalue weighted by Crippen LogP contribution is -2.23. The van der Waals surface area contributed by atoms with Gasteiger partial charge in [0.1, 0.15) is 5.69 Å². The first kappa shape index (κ1) is 18.8. The zero-order chi connectivity index (χ0) is 20.4. The zero-order valence-electron chi connectivity index (χ0n) is 16.3. The van der Waals surface area contributed by atoms with E-state index in [1.165, 1.54) is 0 Å². The van der Waals surface area contributed by atoms with Gasteiger partial charge in [-0.05, 0) is 54.3 Å². The third kappa shape index (κ3) is 3.39. The molecule has 7 nitrogen and oxygen atoms in total. The third-order valence-electron chi connectivity index (χ3n) is 5.46. The Morgan fingerprint density at radius 1 is 1.28 bits per heavy atom. The van der Waals surface area contributed by atoms with Gasteiger partial charge >= 0.3 is 0 Å². The van der Waals surface area contributed by atoms with Crippen molar-refractivity contribution < 1.29 is 9.84 Å². The molecule has 29 heavy (non-hydrogen) atoms. The van der Waals surface area contributed by atoms with Crippen molar-refractivity contribution in [2.45, 2.75) is 25.2 Å². The molecule has 0 saturated heterocycles. The summed E-state index contributed by atoms with van der Waals surface area (Å²) in [5.41, 5.74) is 4.52. The molecule has 0 radical (unpaired) electrons. The van der Waals surface area contributed by atoms with Crippen LogP contribution in [0.15, 0.2) is 42.7 Å². The monoisotopic (exact) mass is 387 g/mol. The lowest BCUT2D eigenvalue weighted by Gasteiger charge is -2.23. The summed E-state index contributed by atoms with van der Waals surface area (Å²) < 4.78 is 5.26. The molecule has 0 saturated carbocycles. The number of nitrogens with zero attached hydrogens (tertiary/aromatic N) is 4. The van der Waals surface area contributed by atoms with Crippen LogP contribution in [0.4, 0.5) is 11.6 Å². The molecule has 0 bridgehead atoms. The molecule has 0 amide bonds. The molecule has 4 rings (SSSR count). The molecule has 1 aliphatic carbocycles. The fraction of sp³-hybridized carbons (Fsp3) is 0.273. The Morgan fingerprint density at radius 2 is 2.14 bits per heavy atom. The number of anilines is 2. The third-order valence-corrected chi connectivity index (χ3v) is 5.46. The number of aliphatic hydroxyl groups excluding tert-OH is 1. The number of benzene rings is 1. The number of rotatable bonds is 5. The van der Waals surface area contributed by atoms with E-state index in [2.05, 4.69) is 26.3 Å². The highest BCUT2D eigenvalue weighted by atomic mass is 16.5. The zero-order valence-corrected chi connectivity index (χ0v) is 16.3. The number of nitriles is 1. The van der Waals surface area contributed by atoms with Crippen LogP contribution in [0.1, 0.15) is 30.0 Å². The molecule has 0 fully saturated rings. The van der Waals surface area contributed by atoms with E-state index < -0.39 is 0 Å². The van der Waals surface area contributed by atoms with Gasteiger partial charge in [0, 0.05) is 23.4 Å². The summed E-state index contributed by atoms with van der Waals surface area (Å²) in [6, 6.07) is 11.6. The Balaban J connectivity index is 1.74. The molecule has 7 heteroatoms. The molecule has 1 aliphatic rings. The Kier molecular flexibility index (Phi) is 4.87. The van der Waals surface area contributed by atoms with Crippen molar-refractivity contribution in [3.05, 3.63) is 59.4 Å². The van der Waals surface area contributed by atoms with Crippen molar-refractivity contribution in [2.24, 2.45) is 0 Å². The molecule has 146 valence electrons. The summed E-state index contributed by atoms with van der Waals surface area (Å²) in [4.78, 5) is 13.1. The number of aliphatic hydroxyl groups is 1. The van der Waals surface area contributed by atoms with Gasteiger partial charge in [-0.2, -0.15) is 5.26 Å². The molecule has 0 spiro atoms. The first-order valence-electron chi connectivity index (χ1n) is 9.36. The fourth-order valence-electron chi connectivity index (χ4n) is 3.78. The van der Waals surface area contributed by atoms with Crippen molar-refractivity contribution in [2.75, 3.05) is 19.0 Å². The number of ether oxygens (including phenoxy) is 1. The summed E-state index contributed by atoms with van der Waals surface area (Å²) in [5, 5.41) is 22.7. The maximum absolute atomic E-state index is 9.92. The minimum absolute atomic E-state index is 0.0473. The summed E-state index contributed by atoms with van der Waals surface area (Å²) >= 11 is 0. The average Bonchev–Trinajstić information content (AvgIpc) is 3.11. The molecule has 1 atom stereocenters. The molecule has 3 aromatic rings. The summed E-state index contributed by atoms with van der Waals surface area (Å²) in [6.45, 7) is 2.08. The number of methoxy groups -OCH3 is 1. The summed E-state index contributed by atoms with van der Waals surface area (Å²) in [6.07, 6.45) is 4.94. The molecule has 1 aromatic carbocycles. The van der Waals surface area contributed by atoms with Gasteiger partial charge in [-0.15, -0.1) is 0 Å². The first-order chi connectivity index (χ1) is 14.1. The van der Waals surface area contributed by atoms with Crippen molar-refractivity contribution in [3.8, 4) is 23.2 Å². The lowest BCUT2D eigenvalue weighted by molar-refractivity contribution is 0.206. The standard InChI is InChI=1S/C22H21N5O2/c1-22(13-28)7-5-16-15(12-23)10-14(11-17(16)22)18-6-9-25-21(26-18)27-19-4-3-8-24-20(19)29-2/h3-4,6,8-11,28H,5,7,13H2,1-2H3,(H,25,26,27)/t22-/m0/s1. The van der Waals surface area contributed by atoms with Gasteiger partial charge in [-0.25, -0.2) is 15.0 Å². The number of aromatic nitrogens is 3. The Labute approximate surface area is 169 Å². The van der Waals surface area contributed by atoms with Crippen LogP contribution >= 0.6 is 0 Å². The molecule has 2 aromatic heterocycles. The van der Waals surface area contributed by atoms with Gasteiger partial charge in [0.15, 0.2) is 0 Å². The highest BCUT2D eigenvalue weighted by Gasteiger charge is 2.35. The van der Waals surface area contributed by atoms with Gasteiger partial charge in [0.05, 0.1) is 31.0 Å². The van der Waals surface area contributed by atoms with Crippen LogP contribution in [0.2, 0.25) is 0 Å². The highest BCUT2D eigenvalue weighted by Crippen LogP contribution is 2.42. The Hall–Kier alpha value is -3.50. The van der Waals surface area contributed by atoms with E-state index in [0.717, 1.165) is 29.5 Å². The molecule has 0 unspecified atom stereocenters. The Morgan fingerprint density at radius 3 is 2.90 bits per heavy atom. The maximum Gasteiger partial charge on any atom is 0.237 e. The average molecular weight is 387 g/mol. The second-order valence-electron chi connectivity index (χ2n) is 7.33. The van der Waals surface area contributed by atoms with Crippen LogP contribution in [-0.2, 0) is 11.8 Å². The van der Waals surface area contributed by atoms with Gasteiger partial charge in [-0.3, -0.25) is 0 Å². The van der Waals surface area contributed by atoms with E-state index >= 15 is 0 Å². The Bertz CT molecular complexity index is 1110. The predicted octanol–water partition coefficient (Wildman–Crippen LogP) is 3.36. The van der Waals surface area contributed by atoms with Crippen LogP contribution in [0.25, 0.3) is 11.3 Å². The van der Waals surface area contributed by atoms with Gasteiger partial charge in [-0.1, -0.05) is 6.92 Å². The SMILES string of the molecule is COc1ncccc1Nc1nccc(-c2cc(C#N)c3c(c2)[C@](C)(CO)CC3)n1. The van der Waals surface area contributed by atoms with E-state index in [4.69, 9.17) is 4.74 Å². The molecular weight excluding hydrogens is 366 g/mol. The summed E-state index contributed by atoms with van der Waals surface area (Å²) in [5.74, 6) is 0.849. The van der Waals surface area contributed by atoms with Crippen molar-refractivity contribution in [3.63, 3.8) is 0 Å². The smallest absolute Gasteiger partial charge is 0.237 e. The number of hydrogen-bond acceptors (Lipinski definition) is 7. The van der Waals surface area contributed by atoms with Crippen molar-refractivity contribution >= 4 is 11.6 Å². The van der Waals surface area contributed by atoms with Crippen LogP contribution in [0.3, 0.4) is 0 Å². The van der Waals surface area contributed by atoms with E-state index in [1.54, 1.807) is 31.6 Å². The van der Waals surface area contributed by atoms with Crippen molar-refractivity contribution in [1.82, 2.24) is 15.0 Å². The van der Waals surface area contributed by atoms with Crippen LogP contribution < -0.4 is 10.1 Å². The second-order valence-corrected chi connectivity index (χ2v) is 7.33. The molecular formula is C22H21N5O2. The van der Waals surface area contributed by atoms with E-state index in [9.17, 15) is 10.4 Å². The van der Waals surface area contributed by atoms with Crippen LogP contribution in [-0.4, -0.2) is 33.8 Å². The highest BCUT2D eigenvalue weighted by molar-refractivity contribution is 5.68. The fourth-order valence-corrected chi connectivity index (χ4v) is 3.78. The van der Waals surface area contributed by atoms with Crippen molar-refractivity contribution in [1.29, 1.82) is 5.26 Å². The minimum Gasteiger partial charge on any atom is -0.480 e. The first-order valence-corrected chi connectivity index (χ1v) is 9.36. The number of pyridine rings is 1. The lowest BCUT2D eigenvalue weighted by atomic mass is 9.83. The van der Waals surface area contributed by atoms with E-state index in [1.807, 2.05) is 25.1 Å². The van der Waals surface area contributed by atoms with Crippen LogP contribution in [0.5, 0.6) is 5.88 Å². The van der Waals surface area contributed by atoms with Gasteiger partial charge < -0.3 is 15.2 Å². The number of fused-ring (bicyclic) bond motifs is 1. The van der Waals surface area contributed by atoms with E-state index in [0.29, 0.717) is 28.8 Å². The van der Waals surface area contributed by atoms with E-state index in [-0.39, 0.29) is 12.0 Å². The minimum atomic E-state index is -0.339. The number of hydrogen-bond donors (Lipinski definition) is 2. The summed E-state index contributed by atoms with van der Waals surface area (Å²) in [7, 11) is 1.55. The number of nitrogens with one attached hydrogen (secondary N) is 1. The topological polar surface area (TPSA) is 104 Å². The molecule has 2 N–H and O–H groups in total. The van der Waals surface area contributed by atoms with Gasteiger partial charge in [0.2, 0.25) is 11.8 Å². The van der Waals surface area contributed by atoms with Gasteiger partial charge in [0.25, 0.3) is 0 Å². The second kappa shape index (κ2) is 7.49. The quantitative estimate of drug-likeness (QED) is 0.692. The largest absolute Gasteiger partial charge is 0.480 e. The normalized spacial score (nSPS) is 17.4. The molecule has 2 heterocycles. The maximum atomic E-state index is 9.92. The van der Waals surface area contributed by atoms with Crippen LogP contribution in [0, 0.1) is 11.3 Å².